The Balaban J connectivity index is 3.16. The van der Waals surface area contributed by atoms with Crippen molar-refractivity contribution < 1.29 is 5.11 Å². The van der Waals surface area contributed by atoms with Crippen molar-refractivity contribution in [2.75, 3.05) is 14.1 Å². The highest BCUT2D eigenvalue weighted by Crippen LogP contribution is 2.04. The molecule has 0 spiro atoms. The van der Waals surface area contributed by atoms with Gasteiger partial charge in [0.1, 0.15) is 11.4 Å². The minimum atomic E-state index is -0.402. The van der Waals surface area contributed by atoms with Crippen molar-refractivity contribution in [2.24, 2.45) is 5.10 Å². The van der Waals surface area contributed by atoms with E-state index in [1.165, 1.54) is 11.2 Å². The lowest BCUT2D eigenvalue weighted by molar-refractivity contribution is 0.436. The molecule has 6 nitrogen and oxygen atoms in total. The van der Waals surface area contributed by atoms with Crippen molar-refractivity contribution in [2.45, 2.75) is 6.92 Å². The summed E-state index contributed by atoms with van der Waals surface area (Å²) in [6, 6.07) is 0. The molecule has 0 bridgehead atoms. The van der Waals surface area contributed by atoms with Gasteiger partial charge in [0.25, 0.3) is 5.56 Å². The number of aromatic nitrogens is 2. The summed E-state index contributed by atoms with van der Waals surface area (Å²) in [6.07, 6.45) is 1.26. The topological polar surface area (TPSA) is 81.6 Å². The number of hydrogen-bond donors (Lipinski definition) is 2. The molecular formula is C8H12N4O2. The van der Waals surface area contributed by atoms with E-state index in [0.717, 1.165) is 0 Å². The highest BCUT2D eigenvalue weighted by atomic mass is 16.3. The zero-order valence-electron chi connectivity index (χ0n) is 8.27. The first-order chi connectivity index (χ1) is 6.50. The van der Waals surface area contributed by atoms with Gasteiger partial charge in [0.2, 0.25) is 5.88 Å². The summed E-state index contributed by atoms with van der Waals surface area (Å²) in [7, 11) is 3.42. The van der Waals surface area contributed by atoms with Gasteiger partial charge in [0, 0.05) is 14.1 Å². The molecule has 0 aromatic carbocycles. The van der Waals surface area contributed by atoms with Crippen LogP contribution in [0.3, 0.4) is 0 Å². The van der Waals surface area contributed by atoms with Gasteiger partial charge in [-0.05, 0) is 6.92 Å². The monoisotopic (exact) mass is 196 g/mol. The number of hydrogen-bond acceptors (Lipinski definition) is 5. The smallest absolute Gasteiger partial charge is 0.263 e. The first kappa shape index (κ1) is 10.2. The third-order valence-electron chi connectivity index (χ3n) is 1.47. The molecule has 1 heterocycles. The number of rotatable bonds is 2. The van der Waals surface area contributed by atoms with Crippen molar-refractivity contribution in [1.82, 2.24) is 15.0 Å². The fourth-order valence-corrected chi connectivity index (χ4v) is 0.870. The molecule has 0 aliphatic heterocycles. The van der Waals surface area contributed by atoms with E-state index in [9.17, 15) is 9.90 Å². The molecule has 0 atom stereocenters. The average Bonchev–Trinajstić information content (AvgIpc) is 2.01. The van der Waals surface area contributed by atoms with Gasteiger partial charge in [-0.2, -0.15) is 5.10 Å². The number of nitrogens with zero attached hydrogens (tertiary/aromatic N) is 3. The first-order valence-corrected chi connectivity index (χ1v) is 4.02. The van der Waals surface area contributed by atoms with Gasteiger partial charge in [0.05, 0.1) is 6.21 Å². The van der Waals surface area contributed by atoms with E-state index in [-0.39, 0.29) is 11.4 Å². The van der Waals surface area contributed by atoms with Gasteiger partial charge in [-0.15, -0.1) is 0 Å². The maximum absolute atomic E-state index is 11.3. The second kappa shape index (κ2) is 3.91. The fraction of sp³-hybridized carbons (Fsp3) is 0.375. The second-order valence-corrected chi connectivity index (χ2v) is 2.98. The van der Waals surface area contributed by atoms with Gasteiger partial charge in [-0.3, -0.25) is 4.79 Å². The van der Waals surface area contributed by atoms with Crippen LogP contribution >= 0.6 is 0 Å². The molecule has 0 amide bonds. The number of hydrazone groups is 1. The molecule has 0 unspecified atom stereocenters. The summed E-state index contributed by atoms with van der Waals surface area (Å²) in [6.45, 7) is 1.59. The van der Waals surface area contributed by atoms with E-state index < -0.39 is 5.56 Å². The SMILES string of the molecule is Cc1nc(O)c(/C=N/N(C)C)c(=O)[nH]1. The normalized spacial score (nSPS) is 10.8. The highest BCUT2D eigenvalue weighted by molar-refractivity contribution is 5.81. The number of aryl methyl sites for hydroxylation is 1. The zero-order chi connectivity index (χ0) is 10.7. The van der Waals surface area contributed by atoms with Gasteiger partial charge in [0.15, 0.2) is 0 Å². The van der Waals surface area contributed by atoms with E-state index >= 15 is 0 Å². The van der Waals surface area contributed by atoms with Crippen LogP contribution in [0.5, 0.6) is 5.88 Å². The number of aromatic amines is 1. The Morgan fingerprint density at radius 2 is 2.21 bits per heavy atom. The minimum absolute atomic E-state index is 0.0595. The van der Waals surface area contributed by atoms with E-state index in [0.29, 0.717) is 5.82 Å². The van der Waals surface area contributed by atoms with Crippen LogP contribution in [0.2, 0.25) is 0 Å². The summed E-state index contributed by atoms with van der Waals surface area (Å²) in [5.41, 5.74) is -0.343. The Kier molecular flexibility index (Phi) is 2.85. The maximum atomic E-state index is 11.3. The van der Waals surface area contributed by atoms with Crippen molar-refractivity contribution >= 4 is 6.21 Å². The Labute approximate surface area is 80.9 Å². The van der Waals surface area contributed by atoms with E-state index in [2.05, 4.69) is 15.1 Å². The quantitative estimate of drug-likeness (QED) is 0.501. The molecule has 2 N–H and O–H groups in total. The Bertz CT molecular complexity index is 408. The highest BCUT2D eigenvalue weighted by Gasteiger charge is 2.05. The van der Waals surface area contributed by atoms with Crippen molar-refractivity contribution in [1.29, 1.82) is 0 Å². The maximum Gasteiger partial charge on any atom is 0.263 e. The van der Waals surface area contributed by atoms with Crippen LogP contribution < -0.4 is 5.56 Å². The number of aromatic hydroxyl groups is 1. The van der Waals surface area contributed by atoms with Gasteiger partial charge >= 0.3 is 0 Å². The molecule has 1 rings (SSSR count). The second-order valence-electron chi connectivity index (χ2n) is 2.98. The zero-order valence-corrected chi connectivity index (χ0v) is 8.27. The lowest BCUT2D eigenvalue weighted by atomic mass is 10.3. The van der Waals surface area contributed by atoms with Crippen LogP contribution in [0.1, 0.15) is 11.4 Å². The van der Waals surface area contributed by atoms with Crippen LogP contribution in [-0.2, 0) is 0 Å². The van der Waals surface area contributed by atoms with Crippen LogP contribution in [0.25, 0.3) is 0 Å². The summed E-state index contributed by atoms with van der Waals surface area (Å²) in [5.74, 6) is 0.0614. The van der Waals surface area contributed by atoms with Crippen LogP contribution in [-0.4, -0.2) is 40.4 Å². The molecule has 0 aliphatic carbocycles. The third-order valence-corrected chi connectivity index (χ3v) is 1.47. The Morgan fingerprint density at radius 1 is 1.57 bits per heavy atom. The Hall–Kier alpha value is -1.85. The fourth-order valence-electron chi connectivity index (χ4n) is 0.870. The van der Waals surface area contributed by atoms with E-state index in [1.54, 1.807) is 21.0 Å². The predicted molar refractivity (Wildman–Crippen MR) is 52.5 cm³/mol. The number of nitrogens with one attached hydrogen (secondary N) is 1. The average molecular weight is 196 g/mol. The molecule has 76 valence electrons. The van der Waals surface area contributed by atoms with Crippen LogP contribution in [0, 0.1) is 6.92 Å². The van der Waals surface area contributed by atoms with Gasteiger partial charge < -0.3 is 15.1 Å². The number of H-pyrrole nitrogens is 1. The summed E-state index contributed by atoms with van der Waals surface area (Å²) in [5, 5.41) is 14.7. The standard InChI is InChI=1S/C8H12N4O2/c1-5-10-7(13)6(8(14)11-5)4-9-12(2)3/h4H,1-3H3,(H2,10,11,13,14)/b9-4+. The van der Waals surface area contributed by atoms with Crippen molar-refractivity contribution in [3.05, 3.63) is 21.7 Å². The molecule has 0 saturated carbocycles. The molecule has 0 radical (unpaired) electrons. The molecular weight excluding hydrogens is 184 g/mol. The third kappa shape index (κ3) is 2.32. The molecule has 14 heavy (non-hydrogen) atoms. The Morgan fingerprint density at radius 3 is 2.71 bits per heavy atom. The van der Waals surface area contributed by atoms with Crippen LogP contribution in [0.15, 0.2) is 9.90 Å². The van der Waals surface area contributed by atoms with Crippen LogP contribution in [0.4, 0.5) is 0 Å². The van der Waals surface area contributed by atoms with E-state index in [1.807, 2.05) is 0 Å². The summed E-state index contributed by atoms with van der Waals surface area (Å²) in [4.78, 5) is 17.5. The molecule has 0 fully saturated rings. The van der Waals surface area contributed by atoms with Crippen molar-refractivity contribution in [3.8, 4) is 5.88 Å². The summed E-state index contributed by atoms with van der Waals surface area (Å²) < 4.78 is 0. The van der Waals surface area contributed by atoms with Crippen molar-refractivity contribution in [3.63, 3.8) is 0 Å². The molecule has 0 aliphatic rings. The molecule has 6 heteroatoms. The minimum Gasteiger partial charge on any atom is -0.493 e. The molecule has 0 saturated heterocycles. The lowest BCUT2D eigenvalue weighted by Crippen LogP contribution is -2.16. The van der Waals surface area contributed by atoms with E-state index in [4.69, 9.17) is 0 Å². The van der Waals surface area contributed by atoms with Gasteiger partial charge in [-0.25, -0.2) is 4.98 Å². The lowest BCUT2D eigenvalue weighted by Gasteiger charge is -2.02. The molecule has 1 aromatic rings. The summed E-state index contributed by atoms with van der Waals surface area (Å²) >= 11 is 0. The van der Waals surface area contributed by atoms with Gasteiger partial charge in [-0.1, -0.05) is 0 Å². The first-order valence-electron chi connectivity index (χ1n) is 4.02. The predicted octanol–water partition coefficient (Wildman–Crippen LogP) is -0.321. The largest absolute Gasteiger partial charge is 0.493 e. The molecule has 1 aromatic heterocycles.